The Bertz CT molecular complexity index is 963. The summed E-state index contributed by atoms with van der Waals surface area (Å²) in [5, 5.41) is 0. The van der Waals surface area contributed by atoms with E-state index in [1.165, 1.54) is 32.1 Å². The van der Waals surface area contributed by atoms with Crippen LogP contribution in [0.2, 0.25) is 0 Å². The summed E-state index contributed by atoms with van der Waals surface area (Å²) in [5.41, 5.74) is 0. The SMILES string of the molecule is CC/C=C\C/C=C\C/C=C\C/C=C\CCCCCCC(=O)O[C@H](COC(=O)CCCCCCC/C=C\CCCCCC)COP(=O)(O)O. The van der Waals surface area contributed by atoms with Gasteiger partial charge in [-0.2, -0.15) is 0 Å². The van der Waals surface area contributed by atoms with Crippen LogP contribution in [0.25, 0.3) is 0 Å². The molecule has 0 aromatic carbocycles. The highest BCUT2D eigenvalue weighted by atomic mass is 31.2. The number of carbonyl (C=O) groups excluding carboxylic acids is 2. The molecule has 0 saturated carbocycles. The molecule has 0 radical (unpaired) electrons. The van der Waals surface area contributed by atoms with Crippen molar-refractivity contribution in [2.45, 2.75) is 161 Å². The van der Waals surface area contributed by atoms with Gasteiger partial charge in [-0.05, 0) is 77.0 Å². The van der Waals surface area contributed by atoms with Crippen LogP contribution in [-0.4, -0.2) is 41.0 Å². The maximum Gasteiger partial charge on any atom is 0.469 e. The zero-order valence-corrected chi connectivity index (χ0v) is 31.0. The Morgan fingerprint density at radius 1 is 0.562 bits per heavy atom. The van der Waals surface area contributed by atoms with E-state index < -0.39 is 32.5 Å². The Hall–Kier alpha value is -2.25. The molecule has 48 heavy (non-hydrogen) atoms. The predicted octanol–water partition coefficient (Wildman–Crippen LogP) is 11.0. The van der Waals surface area contributed by atoms with Gasteiger partial charge in [0.1, 0.15) is 6.61 Å². The van der Waals surface area contributed by atoms with Crippen LogP contribution < -0.4 is 0 Å². The molecule has 276 valence electrons. The molecular weight excluding hydrogens is 627 g/mol. The Labute approximate surface area is 292 Å². The molecule has 0 bridgehead atoms. The first-order chi connectivity index (χ1) is 23.3. The van der Waals surface area contributed by atoms with Gasteiger partial charge in [0.15, 0.2) is 6.10 Å². The normalized spacial score (nSPS) is 13.2. The third kappa shape index (κ3) is 36.6. The number of ether oxygens (including phenoxy) is 2. The van der Waals surface area contributed by atoms with E-state index in [-0.39, 0.29) is 19.4 Å². The van der Waals surface area contributed by atoms with Crippen LogP contribution in [-0.2, 0) is 28.2 Å². The van der Waals surface area contributed by atoms with Gasteiger partial charge in [0, 0.05) is 12.8 Å². The number of carbonyl (C=O) groups is 2. The lowest BCUT2D eigenvalue weighted by Gasteiger charge is -2.18. The highest BCUT2D eigenvalue weighted by molar-refractivity contribution is 7.46. The van der Waals surface area contributed by atoms with Crippen molar-refractivity contribution in [1.29, 1.82) is 0 Å². The summed E-state index contributed by atoms with van der Waals surface area (Å²) < 4.78 is 26.3. The Morgan fingerprint density at radius 3 is 1.52 bits per heavy atom. The second-order valence-corrected chi connectivity index (χ2v) is 13.4. The summed E-state index contributed by atoms with van der Waals surface area (Å²) in [6, 6.07) is 0. The molecule has 0 unspecified atom stereocenters. The summed E-state index contributed by atoms with van der Waals surface area (Å²) in [6.07, 6.45) is 42.2. The van der Waals surface area contributed by atoms with Gasteiger partial charge in [0.2, 0.25) is 0 Å². The Kier molecular flexibility index (Phi) is 33.0. The number of phosphoric acid groups is 1. The number of esters is 2. The van der Waals surface area contributed by atoms with Gasteiger partial charge < -0.3 is 19.3 Å². The van der Waals surface area contributed by atoms with E-state index in [9.17, 15) is 14.2 Å². The molecule has 0 aliphatic rings. The first kappa shape index (κ1) is 45.8. The number of rotatable bonds is 33. The number of phosphoric ester groups is 1. The van der Waals surface area contributed by atoms with Crippen LogP contribution in [0.4, 0.5) is 0 Å². The molecule has 8 nitrogen and oxygen atoms in total. The molecule has 0 aliphatic carbocycles. The van der Waals surface area contributed by atoms with E-state index in [4.69, 9.17) is 19.3 Å². The number of hydrogen-bond donors (Lipinski definition) is 2. The van der Waals surface area contributed by atoms with Gasteiger partial charge in [-0.25, -0.2) is 4.57 Å². The summed E-state index contributed by atoms with van der Waals surface area (Å²) in [5.74, 6) is -0.929. The minimum Gasteiger partial charge on any atom is -0.462 e. The van der Waals surface area contributed by atoms with Gasteiger partial charge in [-0.15, -0.1) is 0 Å². The predicted molar refractivity (Wildman–Crippen MR) is 197 cm³/mol. The fourth-order valence-electron chi connectivity index (χ4n) is 4.77. The van der Waals surface area contributed by atoms with Crippen molar-refractivity contribution in [3.63, 3.8) is 0 Å². The first-order valence-electron chi connectivity index (χ1n) is 18.6. The quantitative estimate of drug-likeness (QED) is 0.0301. The molecule has 2 N–H and O–H groups in total. The minimum absolute atomic E-state index is 0.180. The summed E-state index contributed by atoms with van der Waals surface area (Å²) in [6.45, 7) is 3.51. The van der Waals surface area contributed by atoms with Crippen LogP contribution in [0.3, 0.4) is 0 Å². The highest BCUT2D eigenvalue weighted by Crippen LogP contribution is 2.36. The van der Waals surface area contributed by atoms with Crippen LogP contribution in [0.5, 0.6) is 0 Å². The highest BCUT2D eigenvalue weighted by Gasteiger charge is 2.22. The van der Waals surface area contributed by atoms with Crippen LogP contribution in [0, 0.1) is 0 Å². The standard InChI is InChI=1S/C39H67O8P/c1-3-5-7-9-11-13-15-17-18-19-20-22-24-26-28-30-32-34-39(41)47-37(36-46-48(42,43)44)35-45-38(40)33-31-29-27-25-23-21-16-14-12-10-8-6-4-2/h5,7,11,13-14,16-18,20,22,37H,3-4,6,8-10,12,15,19,21,23-36H2,1-2H3,(H2,42,43,44)/b7-5-,13-11-,16-14-,18-17-,22-20-/t37-/m1/s1. The number of allylic oxidation sites excluding steroid dienone is 10. The molecular formula is C39H67O8P. The average Bonchev–Trinajstić information content (AvgIpc) is 3.05. The smallest absolute Gasteiger partial charge is 0.462 e. The second kappa shape index (κ2) is 34.6. The van der Waals surface area contributed by atoms with Crippen molar-refractivity contribution in [3.8, 4) is 0 Å². The fourth-order valence-corrected chi connectivity index (χ4v) is 5.13. The molecule has 1 atom stereocenters. The molecule has 0 fully saturated rings. The van der Waals surface area contributed by atoms with Crippen LogP contribution in [0.1, 0.15) is 155 Å². The molecule has 0 amide bonds. The van der Waals surface area contributed by atoms with E-state index in [2.05, 4.69) is 79.1 Å². The topological polar surface area (TPSA) is 119 Å². The van der Waals surface area contributed by atoms with Crippen molar-refractivity contribution < 1.29 is 37.9 Å². The maximum absolute atomic E-state index is 12.4. The van der Waals surface area contributed by atoms with Crippen molar-refractivity contribution in [2.75, 3.05) is 13.2 Å². The molecule has 9 heteroatoms. The van der Waals surface area contributed by atoms with E-state index in [1.807, 2.05) is 0 Å². The molecule has 0 aromatic rings. The van der Waals surface area contributed by atoms with Gasteiger partial charge in [0.05, 0.1) is 6.61 Å². The molecule has 0 aromatic heterocycles. The lowest BCUT2D eigenvalue weighted by molar-refractivity contribution is -0.161. The monoisotopic (exact) mass is 694 g/mol. The fraction of sp³-hybridized carbons (Fsp3) is 0.692. The molecule has 0 aliphatic heterocycles. The van der Waals surface area contributed by atoms with E-state index >= 15 is 0 Å². The molecule has 0 saturated heterocycles. The van der Waals surface area contributed by atoms with Crippen molar-refractivity contribution in [3.05, 3.63) is 60.8 Å². The molecule has 0 spiro atoms. The Balaban J connectivity index is 4.05. The Morgan fingerprint density at radius 2 is 1.00 bits per heavy atom. The largest absolute Gasteiger partial charge is 0.469 e. The van der Waals surface area contributed by atoms with Crippen molar-refractivity contribution in [1.82, 2.24) is 0 Å². The van der Waals surface area contributed by atoms with Gasteiger partial charge in [-0.1, -0.05) is 126 Å². The van der Waals surface area contributed by atoms with Crippen molar-refractivity contribution >= 4 is 19.8 Å². The third-order valence-electron chi connectivity index (χ3n) is 7.52. The van der Waals surface area contributed by atoms with Gasteiger partial charge >= 0.3 is 19.8 Å². The summed E-state index contributed by atoms with van der Waals surface area (Å²) >= 11 is 0. The molecule has 0 heterocycles. The third-order valence-corrected chi connectivity index (χ3v) is 8.01. The lowest BCUT2D eigenvalue weighted by atomic mass is 10.1. The zero-order chi connectivity index (χ0) is 35.4. The number of unbranched alkanes of at least 4 members (excludes halogenated alkanes) is 13. The second-order valence-electron chi connectivity index (χ2n) is 12.2. The maximum atomic E-state index is 12.4. The van der Waals surface area contributed by atoms with Crippen molar-refractivity contribution in [2.24, 2.45) is 0 Å². The molecule has 0 rings (SSSR count). The minimum atomic E-state index is -4.76. The van der Waals surface area contributed by atoms with E-state index in [0.717, 1.165) is 83.5 Å². The summed E-state index contributed by atoms with van der Waals surface area (Å²) in [7, 11) is -4.76. The zero-order valence-electron chi connectivity index (χ0n) is 30.1. The van der Waals surface area contributed by atoms with Crippen LogP contribution in [0.15, 0.2) is 60.8 Å². The van der Waals surface area contributed by atoms with E-state index in [1.54, 1.807) is 0 Å². The first-order valence-corrected chi connectivity index (χ1v) is 20.1. The lowest BCUT2D eigenvalue weighted by Crippen LogP contribution is -2.29. The van der Waals surface area contributed by atoms with E-state index in [0.29, 0.717) is 12.8 Å². The number of hydrogen-bond acceptors (Lipinski definition) is 6. The average molecular weight is 695 g/mol. The van der Waals surface area contributed by atoms with Gasteiger partial charge in [0.25, 0.3) is 0 Å². The van der Waals surface area contributed by atoms with Crippen LogP contribution >= 0.6 is 7.82 Å². The summed E-state index contributed by atoms with van der Waals surface area (Å²) in [4.78, 5) is 42.7. The van der Waals surface area contributed by atoms with Gasteiger partial charge in [-0.3, -0.25) is 14.1 Å².